The van der Waals surface area contributed by atoms with Crippen molar-refractivity contribution in [1.29, 1.82) is 0 Å². The Morgan fingerprint density at radius 1 is 1.03 bits per heavy atom. The summed E-state index contributed by atoms with van der Waals surface area (Å²) in [6.45, 7) is 2.02. The number of rotatable bonds is 9. The SMILES string of the molecule is CC(C(=O)NC1CCCC1)N(Cc1ccc(Cl)c(Cl)c1)C(=O)CCCN1C(=O)c2ccccc2C1=O. The maximum Gasteiger partial charge on any atom is 0.261 e. The second-order valence-corrected chi connectivity index (χ2v) is 10.2. The molecule has 0 spiro atoms. The smallest absolute Gasteiger partial charge is 0.261 e. The lowest BCUT2D eigenvalue weighted by atomic mass is 10.1. The molecule has 7 nitrogen and oxygen atoms in total. The van der Waals surface area contributed by atoms with Crippen LogP contribution >= 0.6 is 23.2 Å². The van der Waals surface area contributed by atoms with Gasteiger partial charge in [0.25, 0.3) is 11.8 Å². The van der Waals surface area contributed by atoms with Crippen molar-refractivity contribution in [2.24, 2.45) is 0 Å². The molecule has 1 atom stereocenters. The molecule has 2 aromatic carbocycles. The van der Waals surface area contributed by atoms with Crippen LogP contribution in [0.1, 0.15) is 71.7 Å². The Bertz CT molecular complexity index is 1140. The molecule has 1 saturated carbocycles. The van der Waals surface area contributed by atoms with Gasteiger partial charge in [0, 0.05) is 25.6 Å². The summed E-state index contributed by atoms with van der Waals surface area (Å²) in [4.78, 5) is 54.3. The Labute approximate surface area is 220 Å². The molecule has 0 saturated heterocycles. The highest BCUT2D eigenvalue weighted by Crippen LogP contribution is 2.25. The lowest BCUT2D eigenvalue weighted by Gasteiger charge is -2.30. The van der Waals surface area contributed by atoms with Gasteiger partial charge in [-0.15, -0.1) is 0 Å². The fourth-order valence-corrected chi connectivity index (χ4v) is 5.10. The van der Waals surface area contributed by atoms with Gasteiger partial charge in [-0.3, -0.25) is 24.1 Å². The number of fused-ring (bicyclic) bond motifs is 1. The summed E-state index contributed by atoms with van der Waals surface area (Å²) >= 11 is 12.2. The van der Waals surface area contributed by atoms with Gasteiger partial charge in [-0.25, -0.2) is 0 Å². The Balaban J connectivity index is 1.42. The number of nitrogens with one attached hydrogen (secondary N) is 1. The number of nitrogens with zero attached hydrogens (tertiary/aromatic N) is 2. The van der Waals surface area contributed by atoms with Gasteiger partial charge in [0.15, 0.2) is 0 Å². The Morgan fingerprint density at radius 3 is 2.28 bits per heavy atom. The Hall–Kier alpha value is -2.90. The minimum atomic E-state index is -0.702. The summed E-state index contributed by atoms with van der Waals surface area (Å²) in [6.07, 6.45) is 4.43. The first kappa shape index (κ1) is 26.2. The van der Waals surface area contributed by atoms with Crippen LogP contribution in [0.2, 0.25) is 10.0 Å². The summed E-state index contributed by atoms with van der Waals surface area (Å²) in [7, 11) is 0. The van der Waals surface area contributed by atoms with Gasteiger partial charge >= 0.3 is 0 Å². The molecule has 1 aliphatic heterocycles. The van der Waals surface area contributed by atoms with Crippen molar-refractivity contribution in [2.45, 2.75) is 64.1 Å². The molecule has 1 N–H and O–H groups in total. The van der Waals surface area contributed by atoms with Gasteiger partial charge < -0.3 is 10.2 Å². The average Bonchev–Trinajstić information content (AvgIpc) is 3.46. The van der Waals surface area contributed by atoms with E-state index < -0.39 is 6.04 Å². The van der Waals surface area contributed by atoms with Crippen molar-refractivity contribution >= 4 is 46.8 Å². The second-order valence-electron chi connectivity index (χ2n) is 9.35. The van der Waals surface area contributed by atoms with Crippen LogP contribution in [0.4, 0.5) is 0 Å². The molecule has 1 aliphatic carbocycles. The van der Waals surface area contributed by atoms with Crippen LogP contribution in [0.25, 0.3) is 0 Å². The van der Waals surface area contributed by atoms with Gasteiger partial charge in [0.2, 0.25) is 11.8 Å². The topological polar surface area (TPSA) is 86.8 Å². The van der Waals surface area contributed by atoms with E-state index in [9.17, 15) is 19.2 Å². The van der Waals surface area contributed by atoms with Crippen LogP contribution in [0, 0.1) is 0 Å². The molecule has 1 fully saturated rings. The molecule has 0 bridgehead atoms. The first-order chi connectivity index (χ1) is 17.3. The van der Waals surface area contributed by atoms with E-state index in [0.29, 0.717) is 27.6 Å². The fraction of sp³-hybridized carbons (Fsp3) is 0.407. The normalized spacial score (nSPS) is 16.2. The van der Waals surface area contributed by atoms with E-state index in [1.807, 2.05) is 0 Å². The zero-order chi connectivity index (χ0) is 25.8. The van der Waals surface area contributed by atoms with Gasteiger partial charge in [0.05, 0.1) is 21.2 Å². The number of halogens is 2. The molecule has 1 unspecified atom stereocenters. The molecule has 2 aliphatic rings. The van der Waals surface area contributed by atoms with E-state index in [1.54, 1.807) is 49.4 Å². The highest BCUT2D eigenvalue weighted by atomic mass is 35.5. The van der Waals surface area contributed by atoms with Gasteiger partial charge in [-0.1, -0.05) is 54.2 Å². The molecular formula is C27H29Cl2N3O4. The van der Waals surface area contributed by atoms with Crippen LogP contribution in [0.15, 0.2) is 42.5 Å². The number of imide groups is 1. The lowest BCUT2D eigenvalue weighted by Crippen LogP contribution is -2.49. The van der Waals surface area contributed by atoms with Crippen molar-refractivity contribution in [1.82, 2.24) is 15.1 Å². The molecule has 0 radical (unpaired) electrons. The van der Waals surface area contributed by atoms with Gasteiger partial charge in [-0.05, 0) is 56.0 Å². The summed E-state index contributed by atoms with van der Waals surface area (Å²) in [5, 5.41) is 3.84. The molecule has 1 heterocycles. The predicted octanol–water partition coefficient (Wildman–Crippen LogP) is 4.85. The van der Waals surface area contributed by atoms with Gasteiger partial charge in [-0.2, -0.15) is 0 Å². The minimum absolute atomic E-state index is 0.0791. The first-order valence-electron chi connectivity index (χ1n) is 12.2. The standard InChI is InChI=1S/C27H29Cl2N3O4/c1-17(25(34)30-19-7-2-3-8-19)32(16-18-12-13-22(28)23(29)15-18)24(33)11-6-14-31-26(35)20-9-4-5-10-21(20)27(31)36/h4-5,9-10,12-13,15,17,19H,2-3,6-8,11,14,16H2,1H3,(H,30,34). The number of carbonyl (C=O) groups excluding carboxylic acids is 4. The second kappa shape index (κ2) is 11.4. The number of amides is 4. The monoisotopic (exact) mass is 529 g/mol. The van der Waals surface area contributed by atoms with E-state index in [0.717, 1.165) is 31.2 Å². The molecule has 190 valence electrons. The van der Waals surface area contributed by atoms with Crippen molar-refractivity contribution in [3.8, 4) is 0 Å². The largest absolute Gasteiger partial charge is 0.352 e. The van der Waals surface area contributed by atoms with Crippen molar-refractivity contribution < 1.29 is 19.2 Å². The third-order valence-electron chi connectivity index (χ3n) is 6.86. The maximum absolute atomic E-state index is 13.3. The zero-order valence-corrected chi connectivity index (χ0v) is 21.6. The highest BCUT2D eigenvalue weighted by molar-refractivity contribution is 6.42. The summed E-state index contributed by atoms with van der Waals surface area (Å²) in [5.41, 5.74) is 1.51. The van der Waals surface area contributed by atoms with E-state index in [-0.39, 0.29) is 49.2 Å². The Kier molecular flexibility index (Phi) is 8.32. The third kappa shape index (κ3) is 5.73. The molecule has 4 amide bonds. The highest BCUT2D eigenvalue weighted by Gasteiger charge is 2.35. The molecule has 36 heavy (non-hydrogen) atoms. The molecule has 9 heteroatoms. The lowest BCUT2D eigenvalue weighted by molar-refractivity contribution is -0.141. The van der Waals surface area contributed by atoms with Crippen LogP contribution in [-0.4, -0.2) is 52.1 Å². The van der Waals surface area contributed by atoms with Crippen LogP contribution in [-0.2, 0) is 16.1 Å². The van der Waals surface area contributed by atoms with Crippen molar-refractivity contribution in [3.05, 3.63) is 69.2 Å². The first-order valence-corrected chi connectivity index (χ1v) is 13.0. The van der Waals surface area contributed by atoms with Crippen LogP contribution < -0.4 is 5.32 Å². The molecular weight excluding hydrogens is 501 g/mol. The summed E-state index contributed by atoms with van der Waals surface area (Å²) in [5.74, 6) is -1.14. The van der Waals surface area contributed by atoms with E-state index in [4.69, 9.17) is 23.2 Å². The third-order valence-corrected chi connectivity index (χ3v) is 7.60. The summed E-state index contributed by atoms with van der Waals surface area (Å²) in [6, 6.07) is 11.2. The average molecular weight is 530 g/mol. The van der Waals surface area contributed by atoms with Crippen molar-refractivity contribution in [3.63, 3.8) is 0 Å². The van der Waals surface area contributed by atoms with Crippen molar-refractivity contribution in [2.75, 3.05) is 6.54 Å². The van der Waals surface area contributed by atoms with Crippen LogP contribution in [0.5, 0.6) is 0 Å². The molecule has 4 rings (SSSR count). The van der Waals surface area contributed by atoms with E-state index >= 15 is 0 Å². The number of carbonyl (C=O) groups is 4. The summed E-state index contributed by atoms with van der Waals surface area (Å²) < 4.78 is 0. The predicted molar refractivity (Wildman–Crippen MR) is 138 cm³/mol. The van der Waals surface area contributed by atoms with Gasteiger partial charge in [0.1, 0.15) is 6.04 Å². The molecule has 0 aromatic heterocycles. The number of hydrogen-bond donors (Lipinski definition) is 1. The molecule has 2 aromatic rings. The zero-order valence-electron chi connectivity index (χ0n) is 20.1. The quantitative estimate of drug-likeness (QED) is 0.470. The van der Waals surface area contributed by atoms with Crippen LogP contribution in [0.3, 0.4) is 0 Å². The van der Waals surface area contributed by atoms with E-state index in [2.05, 4.69) is 5.32 Å². The number of hydrogen-bond acceptors (Lipinski definition) is 4. The fourth-order valence-electron chi connectivity index (χ4n) is 4.78. The van der Waals surface area contributed by atoms with E-state index in [1.165, 1.54) is 9.80 Å². The number of benzene rings is 2. The Morgan fingerprint density at radius 2 is 1.67 bits per heavy atom. The maximum atomic E-state index is 13.3. The minimum Gasteiger partial charge on any atom is -0.352 e.